The summed E-state index contributed by atoms with van der Waals surface area (Å²) in [5.41, 5.74) is 17.5. The van der Waals surface area contributed by atoms with E-state index in [-0.39, 0.29) is 11.9 Å². The van der Waals surface area contributed by atoms with E-state index in [0.29, 0.717) is 17.8 Å². The van der Waals surface area contributed by atoms with Gasteiger partial charge >= 0.3 is 0 Å². The summed E-state index contributed by atoms with van der Waals surface area (Å²) >= 11 is 0. The third-order valence-electron chi connectivity index (χ3n) is 1.70. The highest BCUT2D eigenvalue weighted by molar-refractivity contribution is 5.48. The van der Waals surface area contributed by atoms with Crippen LogP contribution in [0.15, 0.2) is 18.2 Å². The second kappa shape index (κ2) is 3.51. The maximum Gasteiger partial charge on any atom is 0.125 e. The molecular weight excluding hydrogens is 157 g/mol. The number of halogens is 1. The minimum Gasteiger partial charge on any atom is -0.398 e. The molecule has 1 aromatic rings. The van der Waals surface area contributed by atoms with E-state index in [9.17, 15) is 4.39 Å². The highest BCUT2D eigenvalue weighted by Gasteiger charge is 2.07. The van der Waals surface area contributed by atoms with Gasteiger partial charge in [0, 0.05) is 18.3 Å². The molecule has 0 fully saturated rings. The lowest BCUT2D eigenvalue weighted by molar-refractivity contribution is 0.626. The topological polar surface area (TPSA) is 78.1 Å². The van der Waals surface area contributed by atoms with Crippen LogP contribution in [0.25, 0.3) is 0 Å². The van der Waals surface area contributed by atoms with E-state index in [1.54, 1.807) is 6.07 Å². The number of hydrogen-bond acceptors (Lipinski definition) is 3. The molecule has 0 saturated carbocycles. The van der Waals surface area contributed by atoms with Crippen molar-refractivity contribution in [3.8, 4) is 0 Å². The summed E-state index contributed by atoms with van der Waals surface area (Å²) in [6.07, 6.45) is 0. The number of nitrogen functional groups attached to an aromatic ring is 1. The summed E-state index contributed by atoms with van der Waals surface area (Å²) in [6, 6.07) is 3.81. The van der Waals surface area contributed by atoms with E-state index in [4.69, 9.17) is 17.2 Å². The Balaban J connectivity index is 3.01. The number of hydrogen-bond donors (Lipinski definition) is 3. The molecule has 1 unspecified atom stereocenters. The minimum absolute atomic E-state index is 0.301. The van der Waals surface area contributed by atoms with Crippen molar-refractivity contribution in [1.82, 2.24) is 0 Å². The van der Waals surface area contributed by atoms with Crippen molar-refractivity contribution in [2.75, 3.05) is 12.3 Å². The lowest BCUT2D eigenvalue weighted by Gasteiger charge is -2.11. The first-order valence-electron chi connectivity index (χ1n) is 3.65. The summed E-state index contributed by atoms with van der Waals surface area (Å²) < 4.78 is 12.6. The maximum absolute atomic E-state index is 12.6. The Bertz CT molecular complexity index is 275. The monoisotopic (exact) mass is 169 g/mol. The molecule has 0 bridgehead atoms. The highest BCUT2D eigenvalue weighted by Crippen LogP contribution is 2.18. The van der Waals surface area contributed by atoms with E-state index < -0.39 is 0 Å². The van der Waals surface area contributed by atoms with Gasteiger partial charge in [-0.25, -0.2) is 4.39 Å². The van der Waals surface area contributed by atoms with Gasteiger partial charge in [0.1, 0.15) is 5.82 Å². The summed E-state index contributed by atoms with van der Waals surface area (Å²) in [6.45, 7) is 0.301. The molecule has 1 aromatic carbocycles. The van der Waals surface area contributed by atoms with Gasteiger partial charge in [-0.2, -0.15) is 0 Å². The normalized spacial score (nSPS) is 12.9. The Kier molecular flexibility index (Phi) is 2.62. The number of anilines is 1. The molecule has 0 aliphatic rings. The van der Waals surface area contributed by atoms with E-state index in [1.807, 2.05) is 0 Å². The van der Waals surface area contributed by atoms with Crippen LogP contribution in [0.1, 0.15) is 11.6 Å². The van der Waals surface area contributed by atoms with Crippen molar-refractivity contribution in [1.29, 1.82) is 0 Å². The average molecular weight is 169 g/mol. The first-order valence-corrected chi connectivity index (χ1v) is 3.65. The fraction of sp³-hybridized carbons (Fsp3) is 0.250. The molecule has 0 aromatic heterocycles. The van der Waals surface area contributed by atoms with Crippen LogP contribution in [0.2, 0.25) is 0 Å². The Morgan fingerprint density at radius 3 is 2.58 bits per heavy atom. The SMILES string of the molecule is NCC(N)c1ccc(F)cc1N. The van der Waals surface area contributed by atoms with Gasteiger partial charge in [0.2, 0.25) is 0 Å². The summed E-state index contributed by atoms with van der Waals surface area (Å²) in [5.74, 6) is -0.361. The second-order valence-corrected chi connectivity index (χ2v) is 2.62. The van der Waals surface area contributed by atoms with Gasteiger partial charge in [0.05, 0.1) is 0 Å². The average Bonchev–Trinajstić information content (AvgIpc) is 2.03. The quantitative estimate of drug-likeness (QED) is 0.559. The van der Waals surface area contributed by atoms with Crippen molar-refractivity contribution in [3.63, 3.8) is 0 Å². The molecule has 0 heterocycles. The van der Waals surface area contributed by atoms with Crippen LogP contribution in [-0.2, 0) is 0 Å². The van der Waals surface area contributed by atoms with E-state index in [1.165, 1.54) is 12.1 Å². The van der Waals surface area contributed by atoms with Crippen LogP contribution < -0.4 is 17.2 Å². The molecule has 6 N–H and O–H groups in total. The molecular formula is C8H12FN3. The van der Waals surface area contributed by atoms with E-state index in [0.717, 1.165) is 0 Å². The first kappa shape index (κ1) is 8.96. The molecule has 12 heavy (non-hydrogen) atoms. The fourth-order valence-electron chi connectivity index (χ4n) is 1.01. The predicted octanol–water partition coefficient (Wildman–Crippen LogP) is 0.366. The van der Waals surface area contributed by atoms with Crippen molar-refractivity contribution >= 4 is 5.69 Å². The third-order valence-corrected chi connectivity index (χ3v) is 1.70. The Morgan fingerprint density at radius 2 is 2.08 bits per heavy atom. The summed E-state index contributed by atoms with van der Waals surface area (Å²) in [4.78, 5) is 0. The van der Waals surface area contributed by atoms with Gasteiger partial charge < -0.3 is 17.2 Å². The van der Waals surface area contributed by atoms with Crippen molar-refractivity contribution < 1.29 is 4.39 Å². The van der Waals surface area contributed by atoms with Crippen LogP contribution in [0.3, 0.4) is 0 Å². The molecule has 1 rings (SSSR count). The molecule has 0 amide bonds. The smallest absolute Gasteiger partial charge is 0.125 e. The van der Waals surface area contributed by atoms with Gasteiger partial charge in [-0.15, -0.1) is 0 Å². The van der Waals surface area contributed by atoms with Gasteiger partial charge in [-0.1, -0.05) is 6.07 Å². The summed E-state index contributed by atoms with van der Waals surface area (Å²) in [7, 11) is 0. The van der Waals surface area contributed by atoms with Crippen LogP contribution in [-0.4, -0.2) is 6.54 Å². The van der Waals surface area contributed by atoms with Crippen LogP contribution in [0.4, 0.5) is 10.1 Å². The molecule has 0 aliphatic heterocycles. The number of nitrogens with two attached hydrogens (primary N) is 3. The number of rotatable bonds is 2. The largest absolute Gasteiger partial charge is 0.398 e. The Labute approximate surface area is 70.3 Å². The molecule has 3 nitrogen and oxygen atoms in total. The first-order chi connectivity index (χ1) is 5.65. The lowest BCUT2D eigenvalue weighted by Crippen LogP contribution is -2.21. The van der Waals surface area contributed by atoms with E-state index >= 15 is 0 Å². The zero-order valence-electron chi connectivity index (χ0n) is 6.63. The summed E-state index contributed by atoms with van der Waals surface area (Å²) in [5, 5.41) is 0. The Hall–Kier alpha value is -1.13. The molecule has 0 saturated heterocycles. The Morgan fingerprint density at radius 1 is 1.42 bits per heavy atom. The van der Waals surface area contributed by atoms with Gasteiger partial charge in [-0.3, -0.25) is 0 Å². The molecule has 4 heteroatoms. The zero-order chi connectivity index (χ0) is 9.14. The molecule has 0 radical (unpaired) electrons. The molecule has 0 spiro atoms. The zero-order valence-corrected chi connectivity index (χ0v) is 6.63. The predicted molar refractivity (Wildman–Crippen MR) is 46.8 cm³/mol. The van der Waals surface area contributed by atoms with Gasteiger partial charge in [0.15, 0.2) is 0 Å². The van der Waals surface area contributed by atoms with Crippen molar-refractivity contribution in [2.45, 2.75) is 6.04 Å². The van der Waals surface area contributed by atoms with Crippen LogP contribution >= 0.6 is 0 Å². The fourth-order valence-corrected chi connectivity index (χ4v) is 1.01. The van der Waals surface area contributed by atoms with Crippen LogP contribution in [0, 0.1) is 5.82 Å². The third kappa shape index (κ3) is 1.72. The van der Waals surface area contributed by atoms with Crippen molar-refractivity contribution in [3.05, 3.63) is 29.6 Å². The van der Waals surface area contributed by atoms with E-state index in [2.05, 4.69) is 0 Å². The highest BCUT2D eigenvalue weighted by atomic mass is 19.1. The number of benzene rings is 1. The van der Waals surface area contributed by atoms with Gasteiger partial charge in [0.25, 0.3) is 0 Å². The molecule has 66 valence electrons. The van der Waals surface area contributed by atoms with Crippen molar-refractivity contribution in [2.24, 2.45) is 11.5 Å². The minimum atomic E-state index is -0.361. The van der Waals surface area contributed by atoms with Gasteiger partial charge in [-0.05, 0) is 17.7 Å². The molecule has 1 atom stereocenters. The lowest BCUT2D eigenvalue weighted by atomic mass is 10.1. The molecule has 0 aliphatic carbocycles. The second-order valence-electron chi connectivity index (χ2n) is 2.62. The van der Waals surface area contributed by atoms with Crippen LogP contribution in [0.5, 0.6) is 0 Å². The standard InChI is InChI=1S/C8H12FN3/c9-5-1-2-6(7(11)3-5)8(12)4-10/h1-3,8H,4,10-12H2. The maximum atomic E-state index is 12.6.